The summed E-state index contributed by atoms with van der Waals surface area (Å²) in [5, 5.41) is 7.86. The molecule has 1 aromatic heterocycles. The number of nitrogens with zero attached hydrogens (tertiary/aromatic N) is 1. The van der Waals surface area contributed by atoms with Crippen molar-refractivity contribution in [2.45, 2.75) is 20.8 Å². The molecule has 1 aromatic carbocycles. The Hall–Kier alpha value is -2.14. The van der Waals surface area contributed by atoms with E-state index >= 15 is 0 Å². The van der Waals surface area contributed by atoms with Crippen molar-refractivity contribution >= 4 is 28.7 Å². The van der Waals surface area contributed by atoms with Crippen LogP contribution in [0, 0.1) is 13.8 Å². The number of anilines is 1. The van der Waals surface area contributed by atoms with Crippen molar-refractivity contribution in [3.63, 3.8) is 0 Å². The Morgan fingerprint density at radius 3 is 2.70 bits per heavy atom. The summed E-state index contributed by atoms with van der Waals surface area (Å²) in [6.07, 6.45) is 1.86. The third-order valence-corrected chi connectivity index (χ3v) is 3.14. The van der Waals surface area contributed by atoms with Crippen LogP contribution in [0.1, 0.15) is 23.7 Å². The fraction of sp³-hybridized carbons (Fsp3) is 0.200. The van der Waals surface area contributed by atoms with Crippen molar-refractivity contribution in [2.75, 3.05) is 5.32 Å². The van der Waals surface area contributed by atoms with E-state index in [-0.39, 0.29) is 0 Å². The number of H-pyrrole nitrogens is 1. The third-order valence-electron chi connectivity index (χ3n) is 2.94. The molecule has 0 aliphatic carbocycles. The van der Waals surface area contributed by atoms with Crippen LogP contribution in [-0.4, -0.2) is 15.8 Å². The van der Waals surface area contributed by atoms with E-state index in [1.165, 1.54) is 5.56 Å². The predicted molar refractivity (Wildman–Crippen MR) is 88.3 cm³/mol. The number of hydrazone groups is 1. The average Bonchev–Trinajstić information content (AvgIpc) is 2.93. The minimum Gasteiger partial charge on any atom is -0.360 e. The van der Waals surface area contributed by atoms with Gasteiger partial charge < -0.3 is 10.3 Å². The molecule has 0 aliphatic heterocycles. The Balaban J connectivity index is 1.97. The van der Waals surface area contributed by atoms with Crippen molar-refractivity contribution in [1.82, 2.24) is 10.4 Å². The molecule has 2 rings (SSSR count). The van der Waals surface area contributed by atoms with Crippen LogP contribution >= 0.6 is 12.2 Å². The Labute approximate surface area is 124 Å². The normalized spacial score (nSPS) is 11.2. The number of hydrogen-bond acceptors (Lipinski definition) is 2. The van der Waals surface area contributed by atoms with Crippen molar-refractivity contribution in [2.24, 2.45) is 5.10 Å². The number of thiocarbonyl (C=S) groups is 1. The SMILES string of the molecule is CC(=NNC(=S)Nc1ccc(C)cc1C)c1ccc[nH]1. The maximum absolute atomic E-state index is 5.24. The highest BCUT2D eigenvalue weighted by Crippen LogP contribution is 2.15. The summed E-state index contributed by atoms with van der Waals surface area (Å²) in [7, 11) is 0. The van der Waals surface area contributed by atoms with Gasteiger partial charge in [0.1, 0.15) is 0 Å². The van der Waals surface area contributed by atoms with E-state index in [1.807, 2.05) is 44.3 Å². The molecule has 0 radical (unpaired) electrons. The van der Waals surface area contributed by atoms with Gasteiger partial charge in [-0.1, -0.05) is 17.7 Å². The fourth-order valence-electron chi connectivity index (χ4n) is 1.85. The highest BCUT2D eigenvalue weighted by atomic mass is 32.1. The van der Waals surface area contributed by atoms with E-state index in [2.05, 4.69) is 33.8 Å². The zero-order chi connectivity index (χ0) is 14.5. The smallest absolute Gasteiger partial charge is 0.191 e. The van der Waals surface area contributed by atoms with Crippen molar-refractivity contribution in [3.05, 3.63) is 53.3 Å². The number of nitrogens with one attached hydrogen (secondary N) is 3. The van der Waals surface area contributed by atoms with E-state index in [0.29, 0.717) is 5.11 Å². The summed E-state index contributed by atoms with van der Waals surface area (Å²) < 4.78 is 0. The monoisotopic (exact) mass is 286 g/mol. The van der Waals surface area contributed by atoms with E-state index in [4.69, 9.17) is 12.2 Å². The first kappa shape index (κ1) is 14.3. The Morgan fingerprint density at radius 1 is 1.25 bits per heavy atom. The number of aryl methyl sites for hydroxylation is 2. The van der Waals surface area contributed by atoms with Gasteiger partial charge >= 0.3 is 0 Å². The molecule has 0 saturated heterocycles. The minimum atomic E-state index is 0.475. The molecule has 3 N–H and O–H groups in total. The highest BCUT2D eigenvalue weighted by Gasteiger charge is 2.01. The number of rotatable bonds is 3. The van der Waals surface area contributed by atoms with Gasteiger partial charge in [0.25, 0.3) is 0 Å². The van der Waals surface area contributed by atoms with Gasteiger partial charge in [-0.15, -0.1) is 0 Å². The van der Waals surface area contributed by atoms with Gasteiger partial charge in [-0.05, 0) is 56.8 Å². The molecule has 1 heterocycles. The lowest BCUT2D eigenvalue weighted by molar-refractivity contribution is 1.03. The lowest BCUT2D eigenvalue weighted by atomic mass is 10.1. The molecule has 0 fully saturated rings. The van der Waals surface area contributed by atoms with Crippen molar-refractivity contribution in [3.8, 4) is 0 Å². The summed E-state index contributed by atoms with van der Waals surface area (Å²) in [5.41, 5.74) is 8.03. The van der Waals surface area contributed by atoms with Crippen LogP contribution in [0.25, 0.3) is 0 Å². The second-order valence-electron chi connectivity index (χ2n) is 4.67. The molecule has 0 amide bonds. The van der Waals surface area contributed by atoms with Crippen LogP contribution in [-0.2, 0) is 0 Å². The molecular weight excluding hydrogens is 268 g/mol. The maximum Gasteiger partial charge on any atom is 0.191 e. The summed E-state index contributed by atoms with van der Waals surface area (Å²) in [6, 6.07) is 10.1. The number of benzene rings is 1. The first-order valence-corrected chi connectivity index (χ1v) is 6.79. The second kappa shape index (κ2) is 6.34. The highest BCUT2D eigenvalue weighted by molar-refractivity contribution is 7.80. The first-order valence-electron chi connectivity index (χ1n) is 6.38. The molecule has 0 atom stereocenters. The molecule has 4 nitrogen and oxygen atoms in total. The molecule has 0 bridgehead atoms. The van der Waals surface area contributed by atoms with E-state index in [0.717, 1.165) is 22.7 Å². The predicted octanol–water partition coefficient (Wildman–Crippen LogP) is 3.34. The molecule has 20 heavy (non-hydrogen) atoms. The molecular formula is C15H18N4S. The summed E-state index contributed by atoms with van der Waals surface area (Å²) >= 11 is 5.24. The van der Waals surface area contributed by atoms with Crippen molar-refractivity contribution < 1.29 is 0 Å². The van der Waals surface area contributed by atoms with Gasteiger partial charge in [-0.2, -0.15) is 5.10 Å². The third kappa shape index (κ3) is 3.68. The molecule has 0 saturated carbocycles. The van der Waals surface area contributed by atoms with Gasteiger partial charge in [0.05, 0.1) is 11.4 Å². The molecule has 0 spiro atoms. The minimum absolute atomic E-state index is 0.475. The van der Waals surface area contributed by atoms with Gasteiger partial charge in [0.15, 0.2) is 5.11 Å². The molecule has 104 valence electrons. The Morgan fingerprint density at radius 2 is 2.05 bits per heavy atom. The topological polar surface area (TPSA) is 52.2 Å². The molecule has 5 heteroatoms. The maximum atomic E-state index is 5.24. The first-order chi connectivity index (χ1) is 9.56. The van der Waals surface area contributed by atoms with Crippen LogP contribution in [0.3, 0.4) is 0 Å². The largest absolute Gasteiger partial charge is 0.360 e. The average molecular weight is 286 g/mol. The van der Waals surface area contributed by atoms with Crippen LogP contribution in [0.5, 0.6) is 0 Å². The number of hydrogen-bond donors (Lipinski definition) is 3. The number of aromatic nitrogens is 1. The van der Waals surface area contributed by atoms with Gasteiger partial charge in [-0.25, -0.2) is 0 Å². The summed E-state index contributed by atoms with van der Waals surface area (Å²) in [6.45, 7) is 6.03. The van der Waals surface area contributed by atoms with Gasteiger partial charge in [-0.3, -0.25) is 5.43 Å². The van der Waals surface area contributed by atoms with Crippen LogP contribution in [0.4, 0.5) is 5.69 Å². The standard InChI is InChI=1S/C15H18N4S/c1-10-6-7-13(11(2)9-10)17-15(20)19-18-12(3)14-5-4-8-16-14/h4-9,16H,1-3H3,(H2,17,19,20). The van der Waals surface area contributed by atoms with Crippen LogP contribution in [0.2, 0.25) is 0 Å². The van der Waals surface area contributed by atoms with Crippen LogP contribution in [0.15, 0.2) is 41.6 Å². The van der Waals surface area contributed by atoms with Gasteiger partial charge in [0, 0.05) is 11.9 Å². The Bertz CT molecular complexity index is 629. The Kier molecular flexibility index (Phi) is 4.53. The quantitative estimate of drug-likeness (QED) is 0.461. The summed E-state index contributed by atoms with van der Waals surface area (Å²) in [5.74, 6) is 0. The van der Waals surface area contributed by atoms with E-state index in [9.17, 15) is 0 Å². The van der Waals surface area contributed by atoms with E-state index < -0.39 is 0 Å². The molecule has 0 aliphatic rings. The fourth-order valence-corrected chi connectivity index (χ4v) is 2.01. The zero-order valence-electron chi connectivity index (χ0n) is 11.8. The zero-order valence-corrected chi connectivity index (χ0v) is 12.6. The van der Waals surface area contributed by atoms with Crippen LogP contribution < -0.4 is 10.7 Å². The van der Waals surface area contributed by atoms with Crippen molar-refractivity contribution in [1.29, 1.82) is 0 Å². The van der Waals surface area contributed by atoms with Gasteiger partial charge in [0.2, 0.25) is 0 Å². The lowest BCUT2D eigenvalue weighted by Gasteiger charge is -2.11. The molecule has 2 aromatic rings. The number of aromatic amines is 1. The second-order valence-corrected chi connectivity index (χ2v) is 5.07. The van der Waals surface area contributed by atoms with E-state index in [1.54, 1.807) is 0 Å². The summed E-state index contributed by atoms with van der Waals surface area (Å²) in [4.78, 5) is 3.09. The lowest BCUT2D eigenvalue weighted by Crippen LogP contribution is -2.25. The molecule has 0 unspecified atom stereocenters.